The number of carboxylic acid groups (broad SMARTS) is 1. The summed E-state index contributed by atoms with van der Waals surface area (Å²) in [5, 5.41) is 11.8. The molecule has 0 bridgehead atoms. The van der Waals surface area contributed by atoms with E-state index in [1.807, 2.05) is 49.3 Å². The summed E-state index contributed by atoms with van der Waals surface area (Å²) in [4.78, 5) is 24.9. The third-order valence-corrected chi connectivity index (χ3v) is 3.51. The van der Waals surface area contributed by atoms with E-state index in [1.54, 1.807) is 0 Å². The third kappa shape index (κ3) is 3.57. The maximum Gasteiger partial charge on any atom is 0.307 e. The van der Waals surface area contributed by atoms with Gasteiger partial charge >= 0.3 is 5.97 Å². The van der Waals surface area contributed by atoms with E-state index >= 15 is 0 Å². The second-order valence-corrected chi connectivity index (χ2v) is 5.52. The molecule has 2 N–H and O–H groups in total. The van der Waals surface area contributed by atoms with Gasteiger partial charge in [-0.25, -0.2) is 0 Å². The van der Waals surface area contributed by atoms with Gasteiger partial charge < -0.3 is 15.3 Å². The van der Waals surface area contributed by atoms with E-state index in [9.17, 15) is 9.59 Å². The molecule has 108 valence electrons. The molecule has 0 saturated heterocycles. The lowest BCUT2D eigenvalue weighted by Crippen LogP contribution is -2.36. The summed E-state index contributed by atoms with van der Waals surface area (Å²) in [5.74, 6) is -1.92. The number of aliphatic carboxylic acids is 1. The van der Waals surface area contributed by atoms with Gasteiger partial charge in [0.05, 0.1) is 17.9 Å². The van der Waals surface area contributed by atoms with Crippen molar-refractivity contribution in [2.24, 2.45) is 11.8 Å². The Bertz CT molecular complexity index is 487. The number of amides is 1. The molecule has 3 atom stereocenters. The van der Waals surface area contributed by atoms with Crippen LogP contribution in [-0.4, -0.2) is 42.5 Å². The summed E-state index contributed by atoms with van der Waals surface area (Å²) in [6.07, 6.45) is 0.449. The van der Waals surface area contributed by atoms with Gasteiger partial charge in [-0.1, -0.05) is 30.3 Å². The fourth-order valence-electron chi connectivity index (χ4n) is 2.32. The average molecular weight is 276 g/mol. The van der Waals surface area contributed by atoms with Gasteiger partial charge in [-0.3, -0.25) is 9.59 Å². The first kappa shape index (κ1) is 14.5. The minimum atomic E-state index is -0.881. The molecule has 1 aromatic carbocycles. The molecule has 1 amide bonds. The van der Waals surface area contributed by atoms with Crippen molar-refractivity contribution in [3.8, 4) is 0 Å². The maximum absolute atomic E-state index is 12.1. The predicted octanol–water partition coefficient (Wildman–Crippen LogP) is 1.13. The second kappa shape index (κ2) is 6.05. The standard InChI is InChI=1S/C15H20N2O3/c1-17(2)9-13(10-6-4-3-5-7-10)16-14(18)11-8-12(11)15(19)20/h3-7,11-13H,8-9H2,1-2H3,(H,16,18)(H,19,20). The number of carbonyl (C=O) groups excluding carboxylic acids is 1. The Kier molecular flexibility index (Phi) is 4.39. The average Bonchev–Trinajstić information content (AvgIpc) is 3.19. The van der Waals surface area contributed by atoms with Crippen LogP contribution in [0.3, 0.4) is 0 Å². The molecule has 0 spiro atoms. The van der Waals surface area contributed by atoms with E-state index in [0.29, 0.717) is 13.0 Å². The van der Waals surface area contributed by atoms with E-state index in [-0.39, 0.29) is 17.9 Å². The van der Waals surface area contributed by atoms with Gasteiger partial charge in [-0.15, -0.1) is 0 Å². The molecule has 2 rings (SSSR count). The van der Waals surface area contributed by atoms with Crippen molar-refractivity contribution < 1.29 is 14.7 Å². The van der Waals surface area contributed by atoms with Crippen LogP contribution < -0.4 is 5.32 Å². The molecule has 0 aliphatic heterocycles. The number of hydrogen-bond donors (Lipinski definition) is 2. The zero-order valence-electron chi connectivity index (χ0n) is 11.7. The zero-order valence-corrected chi connectivity index (χ0v) is 11.7. The highest BCUT2D eigenvalue weighted by Crippen LogP contribution is 2.39. The first-order valence-corrected chi connectivity index (χ1v) is 6.72. The van der Waals surface area contributed by atoms with E-state index in [1.165, 1.54) is 0 Å². The molecule has 0 radical (unpaired) electrons. The Labute approximate surface area is 118 Å². The number of nitrogens with one attached hydrogen (secondary N) is 1. The summed E-state index contributed by atoms with van der Waals surface area (Å²) in [6.45, 7) is 0.681. The number of rotatable bonds is 6. The summed E-state index contributed by atoms with van der Waals surface area (Å²) in [5.41, 5.74) is 1.03. The van der Waals surface area contributed by atoms with Crippen molar-refractivity contribution in [1.29, 1.82) is 0 Å². The van der Waals surface area contributed by atoms with Crippen LogP contribution in [0.5, 0.6) is 0 Å². The Morgan fingerprint density at radius 2 is 1.95 bits per heavy atom. The number of carboxylic acids is 1. The van der Waals surface area contributed by atoms with Crippen LogP contribution in [0.15, 0.2) is 30.3 Å². The van der Waals surface area contributed by atoms with Gasteiger partial charge in [0, 0.05) is 6.54 Å². The van der Waals surface area contributed by atoms with Crippen molar-refractivity contribution in [1.82, 2.24) is 10.2 Å². The molecular weight excluding hydrogens is 256 g/mol. The van der Waals surface area contributed by atoms with E-state index in [4.69, 9.17) is 5.11 Å². The maximum atomic E-state index is 12.1. The van der Waals surface area contributed by atoms with Gasteiger partial charge in [0.2, 0.25) is 5.91 Å². The van der Waals surface area contributed by atoms with Gasteiger partial charge in [0.25, 0.3) is 0 Å². The van der Waals surface area contributed by atoms with Crippen molar-refractivity contribution in [2.75, 3.05) is 20.6 Å². The minimum Gasteiger partial charge on any atom is -0.481 e. The van der Waals surface area contributed by atoms with Crippen molar-refractivity contribution in [3.05, 3.63) is 35.9 Å². The topological polar surface area (TPSA) is 69.6 Å². The number of likely N-dealkylation sites (N-methyl/N-ethyl adjacent to an activating group) is 1. The molecule has 1 aliphatic carbocycles. The molecule has 1 aliphatic rings. The summed E-state index contributed by atoms with van der Waals surface area (Å²) < 4.78 is 0. The monoisotopic (exact) mass is 276 g/mol. The summed E-state index contributed by atoms with van der Waals surface area (Å²) >= 11 is 0. The van der Waals surface area contributed by atoms with Crippen LogP contribution in [0.4, 0.5) is 0 Å². The van der Waals surface area contributed by atoms with Crippen molar-refractivity contribution in [2.45, 2.75) is 12.5 Å². The van der Waals surface area contributed by atoms with Crippen LogP contribution in [-0.2, 0) is 9.59 Å². The molecule has 5 heteroatoms. The van der Waals surface area contributed by atoms with Gasteiger partial charge in [0.15, 0.2) is 0 Å². The van der Waals surface area contributed by atoms with Crippen LogP contribution >= 0.6 is 0 Å². The minimum absolute atomic E-state index is 0.117. The molecule has 0 aromatic heterocycles. The number of carbonyl (C=O) groups is 2. The SMILES string of the molecule is CN(C)CC(NC(=O)C1CC1C(=O)O)c1ccccc1. The Morgan fingerprint density at radius 1 is 1.30 bits per heavy atom. The first-order valence-electron chi connectivity index (χ1n) is 6.72. The number of hydrogen-bond acceptors (Lipinski definition) is 3. The third-order valence-electron chi connectivity index (χ3n) is 3.51. The predicted molar refractivity (Wildman–Crippen MR) is 75.1 cm³/mol. The zero-order chi connectivity index (χ0) is 14.7. The van der Waals surface area contributed by atoms with Gasteiger partial charge in [0.1, 0.15) is 0 Å². The molecule has 0 heterocycles. The van der Waals surface area contributed by atoms with Crippen LogP contribution in [0.1, 0.15) is 18.0 Å². The van der Waals surface area contributed by atoms with Crippen LogP contribution in [0.2, 0.25) is 0 Å². The normalized spacial score (nSPS) is 22.4. The molecule has 20 heavy (non-hydrogen) atoms. The molecule has 5 nitrogen and oxygen atoms in total. The lowest BCUT2D eigenvalue weighted by Gasteiger charge is -2.23. The Morgan fingerprint density at radius 3 is 2.45 bits per heavy atom. The highest BCUT2D eigenvalue weighted by Gasteiger charge is 2.48. The molecular formula is C15H20N2O3. The largest absolute Gasteiger partial charge is 0.481 e. The van der Waals surface area contributed by atoms with E-state index < -0.39 is 11.9 Å². The van der Waals surface area contributed by atoms with Crippen LogP contribution in [0, 0.1) is 11.8 Å². The number of benzene rings is 1. The summed E-state index contributed by atoms with van der Waals surface area (Å²) in [6, 6.07) is 9.61. The molecule has 3 unspecified atom stereocenters. The first-order chi connectivity index (χ1) is 9.49. The fraction of sp³-hybridized carbons (Fsp3) is 0.467. The molecule has 1 saturated carbocycles. The lowest BCUT2D eigenvalue weighted by molar-refractivity contribution is -0.140. The van der Waals surface area contributed by atoms with Crippen molar-refractivity contribution >= 4 is 11.9 Å². The van der Waals surface area contributed by atoms with E-state index in [0.717, 1.165) is 5.56 Å². The lowest BCUT2D eigenvalue weighted by atomic mass is 10.1. The molecule has 1 aromatic rings. The highest BCUT2D eigenvalue weighted by atomic mass is 16.4. The van der Waals surface area contributed by atoms with Gasteiger partial charge in [-0.2, -0.15) is 0 Å². The molecule has 1 fully saturated rings. The Balaban J connectivity index is 2.02. The quantitative estimate of drug-likeness (QED) is 0.817. The summed E-state index contributed by atoms with van der Waals surface area (Å²) in [7, 11) is 3.89. The van der Waals surface area contributed by atoms with E-state index in [2.05, 4.69) is 5.32 Å². The fourth-order valence-corrected chi connectivity index (χ4v) is 2.32. The second-order valence-electron chi connectivity index (χ2n) is 5.52. The van der Waals surface area contributed by atoms with Gasteiger partial charge in [-0.05, 0) is 26.1 Å². The van der Waals surface area contributed by atoms with Crippen molar-refractivity contribution in [3.63, 3.8) is 0 Å². The highest BCUT2D eigenvalue weighted by molar-refractivity contribution is 5.89. The smallest absolute Gasteiger partial charge is 0.307 e. The number of nitrogens with zero attached hydrogens (tertiary/aromatic N) is 1. The Hall–Kier alpha value is -1.88. The van der Waals surface area contributed by atoms with Crippen LogP contribution in [0.25, 0.3) is 0 Å².